The minimum Gasteiger partial charge on any atom is -0.340 e. The fourth-order valence-corrected chi connectivity index (χ4v) is 2.91. The van der Waals surface area contributed by atoms with Gasteiger partial charge < -0.3 is 10.6 Å². The fraction of sp³-hybridized carbons (Fsp3) is 0.333. The van der Waals surface area contributed by atoms with Gasteiger partial charge in [-0.2, -0.15) is 0 Å². The van der Waals surface area contributed by atoms with Crippen molar-refractivity contribution in [3.8, 4) is 0 Å². The second-order valence-electron chi connectivity index (χ2n) is 6.33. The highest BCUT2D eigenvalue weighted by atomic mass is 35.5. The Hall–Kier alpha value is -2.37. The van der Waals surface area contributed by atoms with Crippen molar-refractivity contribution in [1.82, 2.24) is 10.2 Å². The number of carbonyl (C=O) groups excluding carboxylic acids is 2. The third kappa shape index (κ3) is 6.08. The first-order valence-corrected chi connectivity index (χ1v) is 9.50. The van der Waals surface area contributed by atoms with Crippen molar-refractivity contribution in [2.24, 2.45) is 0 Å². The lowest BCUT2D eigenvalue weighted by Crippen LogP contribution is -2.41. The van der Waals surface area contributed by atoms with Gasteiger partial charge in [-0.1, -0.05) is 49.7 Å². The number of anilines is 1. The first-order chi connectivity index (χ1) is 12.9. The van der Waals surface area contributed by atoms with E-state index in [0.717, 1.165) is 25.2 Å². The molecular weight excluding hydrogens is 362 g/mol. The lowest BCUT2D eigenvalue weighted by molar-refractivity contribution is -0.117. The van der Waals surface area contributed by atoms with Gasteiger partial charge in [0.2, 0.25) is 5.91 Å². The number of carbonyl (C=O) groups is 2. The summed E-state index contributed by atoms with van der Waals surface area (Å²) in [7, 11) is 0. The Labute approximate surface area is 165 Å². The van der Waals surface area contributed by atoms with E-state index in [1.807, 2.05) is 24.3 Å². The molecule has 0 spiro atoms. The van der Waals surface area contributed by atoms with Crippen LogP contribution < -0.4 is 10.6 Å². The molecule has 0 fully saturated rings. The first kappa shape index (κ1) is 20.9. The number of halogens is 1. The average molecular weight is 388 g/mol. The lowest BCUT2D eigenvalue weighted by atomic mass is 10.1. The van der Waals surface area contributed by atoms with Crippen LogP contribution in [0.15, 0.2) is 48.5 Å². The molecule has 1 unspecified atom stereocenters. The van der Waals surface area contributed by atoms with E-state index in [2.05, 4.69) is 29.4 Å². The number of amides is 2. The number of benzene rings is 2. The highest BCUT2D eigenvalue weighted by Crippen LogP contribution is 2.15. The van der Waals surface area contributed by atoms with Crippen molar-refractivity contribution in [3.05, 3.63) is 64.7 Å². The number of nitrogens with zero attached hydrogens (tertiary/aromatic N) is 1. The molecule has 2 rings (SSSR count). The van der Waals surface area contributed by atoms with Gasteiger partial charge in [0.15, 0.2) is 0 Å². The van der Waals surface area contributed by atoms with Crippen molar-refractivity contribution in [2.45, 2.75) is 33.4 Å². The van der Waals surface area contributed by atoms with Gasteiger partial charge in [0.1, 0.15) is 6.04 Å². The quantitative estimate of drug-likeness (QED) is 0.721. The highest BCUT2D eigenvalue weighted by molar-refractivity contribution is 6.33. The lowest BCUT2D eigenvalue weighted by Gasteiger charge is -2.19. The van der Waals surface area contributed by atoms with Crippen LogP contribution in [0.1, 0.15) is 36.7 Å². The van der Waals surface area contributed by atoms with Gasteiger partial charge in [-0.15, -0.1) is 0 Å². The van der Waals surface area contributed by atoms with Crippen LogP contribution in [0.3, 0.4) is 0 Å². The Bertz CT molecular complexity index is 791. The summed E-state index contributed by atoms with van der Waals surface area (Å²) in [6, 6.07) is 13.8. The summed E-state index contributed by atoms with van der Waals surface area (Å²) in [5.41, 5.74) is 2.19. The average Bonchev–Trinajstić information content (AvgIpc) is 2.66. The van der Waals surface area contributed by atoms with E-state index in [0.29, 0.717) is 16.3 Å². The topological polar surface area (TPSA) is 61.4 Å². The van der Waals surface area contributed by atoms with Crippen LogP contribution in [0.4, 0.5) is 5.69 Å². The van der Waals surface area contributed by atoms with Gasteiger partial charge in [-0.3, -0.25) is 14.5 Å². The standard InChI is InChI=1S/C21H26ClN3O2/c1-4-25(5-2)14-16-9-8-10-17(13-16)24-20(26)15(3)23-21(27)18-11-6-7-12-19(18)22/h6-13,15H,4-5,14H2,1-3H3,(H,23,27)(H,24,26). The Balaban J connectivity index is 1.98. The summed E-state index contributed by atoms with van der Waals surface area (Å²) >= 11 is 6.03. The zero-order valence-electron chi connectivity index (χ0n) is 16.0. The summed E-state index contributed by atoms with van der Waals surface area (Å²) in [4.78, 5) is 27.0. The third-order valence-electron chi connectivity index (χ3n) is 4.35. The number of nitrogens with one attached hydrogen (secondary N) is 2. The maximum absolute atomic E-state index is 12.4. The van der Waals surface area contributed by atoms with Gasteiger partial charge in [-0.25, -0.2) is 0 Å². The summed E-state index contributed by atoms with van der Waals surface area (Å²) in [6.45, 7) is 8.66. The van der Waals surface area contributed by atoms with Crippen LogP contribution in [-0.2, 0) is 11.3 Å². The molecule has 2 aromatic carbocycles. The smallest absolute Gasteiger partial charge is 0.253 e. The van der Waals surface area contributed by atoms with E-state index in [9.17, 15) is 9.59 Å². The molecule has 0 aliphatic rings. The summed E-state index contributed by atoms with van der Waals surface area (Å²) in [5.74, 6) is -0.658. The van der Waals surface area contributed by atoms with E-state index in [1.165, 1.54) is 0 Å². The third-order valence-corrected chi connectivity index (χ3v) is 4.68. The Morgan fingerprint density at radius 1 is 1.07 bits per heavy atom. The van der Waals surface area contributed by atoms with Crippen LogP contribution in [0.2, 0.25) is 5.02 Å². The predicted octanol–water partition coefficient (Wildman–Crippen LogP) is 3.94. The molecule has 2 amide bonds. The van der Waals surface area contributed by atoms with Crippen molar-refractivity contribution >= 4 is 29.1 Å². The van der Waals surface area contributed by atoms with Gasteiger partial charge in [0, 0.05) is 12.2 Å². The van der Waals surface area contributed by atoms with Gasteiger partial charge in [0.05, 0.1) is 10.6 Å². The van der Waals surface area contributed by atoms with E-state index in [-0.39, 0.29) is 11.8 Å². The van der Waals surface area contributed by atoms with Crippen molar-refractivity contribution < 1.29 is 9.59 Å². The molecule has 0 heterocycles. The Morgan fingerprint density at radius 2 is 1.78 bits per heavy atom. The Morgan fingerprint density at radius 3 is 2.44 bits per heavy atom. The molecule has 0 saturated carbocycles. The minimum atomic E-state index is -0.694. The van der Waals surface area contributed by atoms with Crippen LogP contribution in [0, 0.1) is 0 Å². The molecule has 2 aromatic rings. The molecule has 0 bridgehead atoms. The molecule has 27 heavy (non-hydrogen) atoms. The zero-order valence-corrected chi connectivity index (χ0v) is 16.7. The second kappa shape index (κ2) is 10.1. The normalized spacial score (nSPS) is 11.9. The summed E-state index contributed by atoms with van der Waals surface area (Å²) in [5, 5.41) is 5.89. The molecule has 144 valence electrons. The molecule has 0 aromatic heterocycles. The highest BCUT2D eigenvalue weighted by Gasteiger charge is 2.18. The van der Waals surface area contributed by atoms with Crippen LogP contribution in [0.25, 0.3) is 0 Å². The molecule has 1 atom stereocenters. The summed E-state index contributed by atoms with van der Waals surface area (Å²) < 4.78 is 0. The zero-order chi connectivity index (χ0) is 19.8. The molecule has 0 aliphatic carbocycles. The fourth-order valence-electron chi connectivity index (χ4n) is 2.69. The molecule has 0 aliphatic heterocycles. The molecule has 5 nitrogen and oxygen atoms in total. The van der Waals surface area contributed by atoms with Crippen LogP contribution >= 0.6 is 11.6 Å². The van der Waals surface area contributed by atoms with E-state index < -0.39 is 6.04 Å². The van der Waals surface area contributed by atoms with Crippen molar-refractivity contribution in [1.29, 1.82) is 0 Å². The second-order valence-corrected chi connectivity index (χ2v) is 6.73. The van der Waals surface area contributed by atoms with Crippen molar-refractivity contribution in [2.75, 3.05) is 18.4 Å². The predicted molar refractivity (Wildman–Crippen MR) is 110 cm³/mol. The maximum Gasteiger partial charge on any atom is 0.253 e. The molecule has 2 N–H and O–H groups in total. The molecule has 0 radical (unpaired) electrons. The van der Waals surface area contributed by atoms with E-state index in [1.54, 1.807) is 31.2 Å². The van der Waals surface area contributed by atoms with Gasteiger partial charge >= 0.3 is 0 Å². The first-order valence-electron chi connectivity index (χ1n) is 9.12. The monoisotopic (exact) mass is 387 g/mol. The Kier molecular flexibility index (Phi) is 7.82. The number of rotatable bonds is 8. The number of hydrogen-bond acceptors (Lipinski definition) is 3. The summed E-state index contributed by atoms with van der Waals surface area (Å²) in [6.07, 6.45) is 0. The minimum absolute atomic E-state index is 0.282. The maximum atomic E-state index is 12.4. The van der Waals surface area contributed by atoms with E-state index in [4.69, 9.17) is 11.6 Å². The SMILES string of the molecule is CCN(CC)Cc1cccc(NC(=O)C(C)NC(=O)c2ccccc2Cl)c1. The molecule has 0 saturated heterocycles. The van der Waals surface area contributed by atoms with Crippen molar-refractivity contribution in [3.63, 3.8) is 0 Å². The van der Waals surface area contributed by atoms with E-state index >= 15 is 0 Å². The number of hydrogen-bond donors (Lipinski definition) is 2. The molecule has 6 heteroatoms. The largest absolute Gasteiger partial charge is 0.340 e. The van der Waals surface area contributed by atoms with Gasteiger partial charge in [-0.05, 0) is 49.8 Å². The molecular formula is C21H26ClN3O2. The van der Waals surface area contributed by atoms with Gasteiger partial charge in [0.25, 0.3) is 5.91 Å². The van der Waals surface area contributed by atoms with Crippen LogP contribution in [-0.4, -0.2) is 35.8 Å². The van der Waals surface area contributed by atoms with Crippen LogP contribution in [0.5, 0.6) is 0 Å².